The van der Waals surface area contributed by atoms with E-state index in [2.05, 4.69) is 219 Å². The second kappa shape index (κ2) is 22.3. The Balaban J connectivity index is 0.925. The van der Waals surface area contributed by atoms with E-state index in [1.807, 2.05) is 0 Å². The summed E-state index contributed by atoms with van der Waals surface area (Å²) in [4.78, 5) is 5.12. The zero-order chi connectivity index (χ0) is 56.5. The van der Waals surface area contributed by atoms with Gasteiger partial charge in [-0.2, -0.15) is 0 Å². The molecule has 0 unspecified atom stereocenters. The fourth-order valence-corrected chi connectivity index (χ4v) is 31.1. The van der Waals surface area contributed by atoms with Crippen molar-refractivity contribution in [3.63, 3.8) is 0 Å². The van der Waals surface area contributed by atoms with E-state index in [-0.39, 0.29) is 4.66 Å². The summed E-state index contributed by atoms with van der Waals surface area (Å²) in [5.74, 6) is 2.71. The van der Waals surface area contributed by atoms with Gasteiger partial charge in [0.2, 0.25) is 0 Å². The highest BCUT2D eigenvalue weighted by atomic mass is 28.4. The third-order valence-electron chi connectivity index (χ3n) is 21.7. The lowest BCUT2D eigenvalue weighted by atomic mass is 9.84. The minimum absolute atomic E-state index is 0.0946. The number of nitrogens with zero attached hydrogens (tertiary/aromatic N) is 2. The molecule has 83 heavy (non-hydrogen) atoms. The topological polar surface area (TPSA) is 6.48 Å². The predicted molar refractivity (Wildman–Crippen MR) is 365 cm³/mol. The van der Waals surface area contributed by atoms with Crippen LogP contribution < -0.4 is 9.80 Å². The van der Waals surface area contributed by atoms with Gasteiger partial charge in [0.05, 0.1) is 16.1 Å². The summed E-state index contributed by atoms with van der Waals surface area (Å²) in [6, 6.07) is 68.8. The summed E-state index contributed by atoms with van der Waals surface area (Å²) in [6.07, 6.45) is 26.9. The van der Waals surface area contributed by atoms with E-state index in [0.29, 0.717) is 23.7 Å². The van der Waals surface area contributed by atoms with Gasteiger partial charge in [-0.25, -0.2) is 0 Å². The van der Waals surface area contributed by atoms with E-state index in [1.54, 1.807) is 11.1 Å². The first-order valence-corrected chi connectivity index (χ1v) is 40.0. The van der Waals surface area contributed by atoms with Crippen LogP contribution in [0.1, 0.15) is 185 Å². The minimum Gasteiger partial charge on any atom is -0.310 e. The van der Waals surface area contributed by atoms with Gasteiger partial charge in [-0.15, -0.1) is 0 Å². The van der Waals surface area contributed by atoms with Crippen molar-refractivity contribution in [2.75, 3.05) is 9.80 Å². The molecule has 9 aromatic rings. The van der Waals surface area contributed by atoms with Crippen LogP contribution in [0.5, 0.6) is 0 Å². The molecular formula is C79H90N2Si2. The molecule has 5 aliphatic carbocycles. The van der Waals surface area contributed by atoms with Gasteiger partial charge in [-0.1, -0.05) is 213 Å². The van der Waals surface area contributed by atoms with E-state index in [1.165, 1.54) is 228 Å². The Bertz CT molecular complexity index is 3640. The summed E-state index contributed by atoms with van der Waals surface area (Å²) in [6.45, 7) is 16.2. The van der Waals surface area contributed by atoms with Gasteiger partial charge in [0.25, 0.3) is 0 Å². The number of hydrogen-bond acceptors (Lipinski definition) is 2. The fourth-order valence-electron chi connectivity index (χ4n) is 18.0. The Hall–Kier alpha value is -6.21. The third-order valence-corrected chi connectivity index (χ3v) is 31.7. The molecule has 4 heteroatoms. The Kier molecular flexibility index (Phi) is 14.7. The quantitative estimate of drug-likeness (QED) is 0.0889. The Morgan fingerprint density at radius 3 is 1.04 bits per heavy atom. The van der Waals surface area contributed by atoms with Gasteiger partial charge in [0, 0.05) is 38.8 Å². The van der Waals surface area contributed by atoms with Crippen molar-refractivity contribution in [3.05, 3.63) is 203 Å². The van der Waals surface area contributed by atoms with Crippen LogP contribution in [0.25, 0.3) is 43.4 Å². The summed E-state index contributed by atoms with van der Waals surface area (Å²) in [5.41, 5.74) is 19.6. The summed E-state index contributed by atoms with van der Waals surface area (Å²) < 4.78 is -0.0946. The maximum Gasteiger partial charge on any atom is 0.0579 e. The first-order valence-electron chi connectivity index (χ1n) is 33.0. The second-order valence-corrected chi connectivity index (χ2v) is 39.5. The average Bonchev–Trinajstić information content (AvgIpc) is 1.59. The highest BCUT2D eigenvalue weighted by molar-refractivity contribution is 7.00. The van der Waals surface area contributed by atoms with Crippen LogP contribution in [0.4, 0.5) is 34.1 Å². The van der Waals surface area contributed by atoms with Gasteiger partial charge in [-0.3, -0.25) is 0 Å². The van der Waals surface area contributed by atoms with Gasteiger partial charge in [-0.05, 0) is 225 Å². The van der Waals surface area contributed by atoms with Crippen molar-refractivity contribution in [2.24, 2.45) is 0 Å². The lowest BCUT2D eigenvalue weighted by molar-refractivity contribution is 0.443. The normalized spacial score (nSPS) is 18.4. The molecule has 0 aromatic heterocycles. The molecule has 424 valence electrons. The minimum atomic E-state index is -2.15. The van der Waals surface area contributed by atoms with E-state index < -0.39 is 16.1 Å². The van der Waals surface area contributed by atoms with Gasteiger partial charge >= 0.3 is 0 Å². The molecule has 0 radical (unpaired) electrons. The van der Waals surface area contributed by atoms with Crippen LogP contribution in [0.15, 0.2) is 170 Å². The molecule has 0 heterocycles. The molecule has 4 fully saturated rings. The monoisotopic (exact) mass is 1120 g/mol. The standard InChI is InChI=1S/C79H90N2Si2/c1-82(2,3)79(83(4,5)6)77-70-51-48-68(80(64-40-31-59(32-41-64)55-21-11-7-12-22-55)65-42-33-60(34-43-65)56-23-13-8-14-24-56)53-63(70)39-50-74(77)76-72-30-20-19-29-71(72)75-54-69(49-52-73(75)78(76)79)81(66-44-35-61(36-45-66)57-25-15-9-16-26-57)67-46-37-62(38-47-67)58-27-17-10-18-28-58/h19-20,29-58H,7-18,21-28H2,1-6H3. The molecule has 9 aromatic carbocycles. The molecule has 0 amide bonds. The first-order chi connectivity index (χ1) is 40.4. The SMILES string of the molecule is C[Si](C)(C)C1([Si](C)(C)C)c2c(ccc3cc(N(c4ccc(C5CCCCC5)cc4)c4ccc(C5CCCCC5)cc4)ccc23)-c2c1c1ccc(N(c3ccc(C4CCCCC4)cc3)c3ccc(C4CCCCC4)cc3)cc1c1ccccc21. The smallest absolute Gasteiger partial charge is 0.0579 e. The molecule has 0 saturated heterocycles. The third kappa shape index (κ3) is 9.75. The maximum atomic E-state index is 2.71. The number of fused-ring (bicyclic) bond motifs is 10. The number of benzene rings is 9. The van der Waals surface area contributed by atoms with Crippen LogP contribution in [0, 0.1) is 0 Å². The highest BCUT2D eigenvalue weighted by Gasteiger charge is 2.60. The van der Waals surface area contributed by atoms with Crippen molar-refractivity contribution in [1.82, 2.24) is 0 Å². The van der Waals surface area contributed by atoms with Crippen molar-refractivity contribution < 1.29 is 0 Å². The maximum absolute atomic E-state index is 2.71. The van der Waals surface area contributed by atoms with Crippen LogP contribution >= 0.6 is 0 Å². The molecule has 14 rings (SSSR count). The Morgan fingerprint density at radius 1 is 0.301 bits per heavy atom. The summed E-state index contributed by atoms with van der Waals surface area (Å²) in [7, 11) is -4.31. The van der Waals surface area contributed by atoms with Crippen molar-refractivity contribution in [1.29, 1.82) is 0 Å². The molecule has 0 atom stereocenters. The van der Waals surface area contributed by atoms with Gasteiger partial charge in [0.15, 0.2) is 0 Å². The van der Waals surface area contributed by atoms with E-state index in [0.717, 1.165) is 0 Å². The molecule has 2 nitrogen and oxygen atoms in total. The lowest BCUT2D eigenvalue weighted by Gasteiger charge is -2.52. The molecule has 0 spiro atoms. The molecule has 0 bridgehead atoms. The first kappa shape index (κ1) is 54.7. The predicted octanol–water partition coefficient (Wildman–Crippen LogP) is 24.3. The molecule has 0 aliphatic heterocycles. The van der Waals surface area contributed by atoms with Crippen molar-refractivity contribution >= 4 is 82.6 Å². The van der Waals surface area contributed by atoms with Crippen LogP contribution in [-0.2, 0) is 4.66 Å². The van der Waals surface area contributed by atoms with E-state index in [4.69, 9.17) is 0 Å². The Morgan fingerprint density at radius 2 is 0.651 bits per heavy atom. The van der Waals surface area contributed by atoms with Crippen LogP contribution in [0.2, 0.25) is 39.3 Å². The zero-order valence-corrected chi connectivity index (χ0v) is 53.0. The van der Waals surface area contributed by atoms with Crippen LogP contribution in [0.3, 0.4) is 0 Å². The van der Waals surface area contributed by atoms with Gasteiger partial charge in [0.1, 0.15) is 0 Å². The Labute approximate surface area is 499 Å². The lowest BCUT2D eigenvalue weighted by Crippen LogP contribution is -2.63. The molecular weight excluding hydrogens is 1030 g/mol. The van der Waals surface area contributed by atoms with Gasteiger partial charge < -0.3 is 9.80 Å². The summed E-state index contributed by atoms with van der Waals surface area (Å²) >= 11 is 0. The number of hydrogen-bond donors (Lipinski definition) is 0. The second-order valence-electron chi connectivity index (χ2n) is 28.5. The average molecular weight is 1120 g/mol. The van der Waals surface area contributed by atoms with Crippen molar-refractivity contribution in [2.45, 2.75) is 196 Å². The molecule has 5 aliphatic rings. The van der Waals surface area contributed by atoms with Crippen LogP contribution in [-0.4, -0.2) is 16.1 Å². The van der Waals surface area contributed by atoms with E-state index in [9.17, 15) is 0 Å². The molecule has 0 N–H and O–H groups in total. The fraction of sp³-hybridized carbons (Fsp3) is 0.392. The van der Waals surface area contributed by atoms with E-state index >= 15 is 0 Å². The number of anilines is 6. The highest BCUT2D eigenvalue weighted by Crippen LogP contribution is 2.63. The van der Waals surface area contributed by atoms with Crippen molar-refractivity contribution in [3.8, 4) is 11.1 Å². The largest absolute Gasteiger partial charge is 0.310 e. The summed E-state index contributed by atoms with van der Waals surface area (Å²) in [5, 5.41) is 8.33. The zero-order valence-electron chi connectivity index (χ0n) is 51.0. The molecule has 4 saturated carbocycles. The number of rotatable bonds is 12.